The summed E-state index contributed by atoms with van der Waals surface area (Å²) in [5.41, 5.74) is 3.90. The SMILES string of the molecule is Cc1cccc(-c2cc3nccn3c(Cl)n2)c1. The maximum absolute atomic E-state index is 6.11. The zero-order valence-electron chi connectivity index (χ0n) is 9.26. The van der Waals surface area contributed by atoms with Gasteiger partial charge in [0.15, 0.2) is 0 Å². The van der Waals surface area contributed by atoms with Gasteiger partial charge >= 0.3 is 0 Å². The average Bonchev–Trinajstić information content (AvgIpc) is 2.77. The zero-order chi connectivity index (χ0) is 11.8. The van der Waals surface area contributed by atoms with Gasteiger partial charge in [-0.05, 0) is 24.6 Å². The largest absolute Gasteiger partial charge is 0.274 e. The van der Waals surface area contributed by atoms with Crippen LogP contribution in [0.4, 0.5) is 0 Å². The molecule has 2 aromatic heterocycles. The summed E-state index contributed by atoms with van der Waals surface area (Å²) in [5, 5.41) is 0.427. The number of hydrogen-bond acceptors (Lipinski definition) is 2. The van der Waals surface area contributed by atoms with Crippen LogP contribution < -0.4 is 0 Å². The molecule has 0 aliphatic carbocycles. The lowest BCUT2D eigenvalue weighted by atomic mass is 10.1. The number of rotatable bonds is 1. The van der Waals surface area contributed by atoms with Crippen molar-refractivity contribution in [3.63, 3.8) is 0 Å². The molecule has 0 unspecified atom stereocenters. The lowest BCUT2D eigenvalue weighted by Crippen LogP contribution is -1.93. The van der Waals surface area contributed by atoms with Crippen molar-refractivity contribution in [2.75, 3.05) is 0 Å². The topological polar surface area (TPSA) is 30.2 Å². The van der Waals surface area contributed by atoms with E-state index in [-0.39, 0.29) is 0 Å². The van der Waals surface area contributed by atoms with Crippen molar-refractivity contribution in [2.24, 2.45) is 0 Å². The summed E-state index contributed by atoms with van der Waals surface area (Å²) in [6.07, 6.45) is 3.51. The summed E-state index contributed by atoms with van der Waals surface area (Å²) < 4.78 is 1.75. The second-order valence-corrected chi connectivity index (χ2v) is 4.27. The molecule has 0 atom stereocenters. The molecule has 0 spiro atoms. The van der Waals surface area contributed by atoms with Crippen molar-refractivity contribution in [1.29, 1.82) is 0 Å². The van der Waals surface area contributed by atoms with Gasteiger partial charge in [-0.1, -0.05) is 23.8 Å². The van der Waals surface area contributed by atoms with Crippen LogP contribution in [0, 0.1) is 6.92 Å². The molecule has 2 heterocycles. The highest BCUT2D eigenvalue weighted by atomic mass is 35.5. The maximum Gasteiger partial charge on any atom is 0.209 e. The molecule has 0 fully saturated rings. The van der Waals surface area contributed by atoms with Crippen molar-refractivity contribution < 1.29 is 0 Å². The van der Waals surface area contributed by atoms with Crippen LogP contribution in [0.5, 0.6) is 0 Å². The van der Waals surface area contributed by atoms with E-state index in [1.165, 1.54) is 5.56 Å². The molecule has 0 N–H and O–H groups in total. The normalized spacial score (nSPS) is 10.9. The Hall–Kier alpha value is -1.87. The quantitative estimate of drug-likeness (QED) is 0.614. The van der Waals surface area contributed by atoms with Gasteiger partial charge in [-0.15, -0.1) is 0 Å². The van der Waals surface area contributed by atoms with Crippen molar-refractivity contribution in [1.82, 2.24) is 14.4 Å². The van der Waals surface area contributed by atoms with E-state index in [1.54, 1.807) is 16.8 Å². The van der Waals surface area contributed by atoms with Gasteiger partial charge in [0.05, 0.1) is 5.69 Å². The second kappa shape index (κ2) is 3.86. The number of hydrogen-bond donors (Lipinski definition) is 0. The van der Waals surface area contributed by atoms with Crippen LogP contribution in [0.3, 0.4) is 0 Å². The molecule has 0 aliphatic rings. The molecule has 0 bridgehead atoms. The van der Waals surface area contributed by atoms with Gasteiger partial charge < -0.3 is 0 Å². The van der Waals surface area contributed by atoms with Crippen LogP contribution in [0.2, 0.25) is 5.28 Å². The van der Waals surface area contributed by atoms with Crippen LogP contribution in [0.25, 0.3) is 16.9 Å². The Morgan fingerprint density at radius 3 is 2.94 bits per heavy atom. The molecule has 3 aromatic rings. The van der Waals surface area contributed by atoms with Crippen LogP contribution >= 0.6 is 11.6 Å². The number of halogens is 1. The standard InChI is InChI=1S/C13H10ClN3/c1-9-3-2-4-10(7-9)11-8-12-15-5-6-17(12)13(14)16-11/h2-8H,1H3. The Balaban J connectivity index is 2.23. The van der Waals surface area contributed by atoms with Gasteiger partial charge in [0.1, 0.15) is 5.65 Å². The first-order chi connectivity index (χ1) is 8.24. The van der Waals surface area contributed by atoms with E-state index >= 15 is 0 Å². The number of nitrogens with zero attached hydrogens (tertiary/aromatic N) is 3. The molecule has 0 saturated carbocycles. The van der Waals surface area contributed by atoms with Crippen molar-refractivity contribution in [2.45, 2.75) is 6.92 Å². The predicted molar refractivity (Wildman–Crippen MR) is 68.2 cm³/mol. The smallest absolute Gasteiger partial charge is 0.209 e. The van der Waals surface area contributed by atoms with Crippen LogP contribution in [0.15, 0.2) is 42.7 Å². The summed E-state index contributed by atoms with van der Waals surface area (Å²) in [6.45, 7) is 2.05. The molecule has 3 nitrogen and oxygen atoms in total. The van der Waals surface area contributed by atoms with E-state index in [0.717, 1.165) is 16.9 Å². The molecule has 1 aromatic carbocycles. The number of fused-ring (bicyclic) bond motifs is 1. The molecular weight excluding hydrogens is 234 g/mol. The minimum Gasteiger partial charge on any atom is -0.274 e. The summed E-state index contributed by atoms with van der Waals surface area (Å²) in [7, 11) is 0. The fourth-order valence-corrected chi connectivity index (χ4v) is 2.07. The molecule has 3 rings (SSSR count). The fourth-order valence-electron chi connectivity index (χ4n) is 1.84. The number of imidazole rings is 1. The molecule has 0 saturated heterocycles. The predicted octanol–water partition coefficient (Wildman–Crippen LogP) is 3.36. The highest BCUT2D eigenvalue weighted by Gasteiger charge is 2.06. The monoisotopic (exact) mass is 243 g/mol. The average molecular weight is 244 g/mol. The van der Waals surface area contributed by atoms with Gasteiger partial charge in [0.2, 0.25) is 5.28 Å². The van der Waals surface area contributed by atoms with Gasteiger partial charge in [-0.2, -0.15) is 0 Å². The van der Waals surface area contributed by atoms with Crippen LogP contribution in [0.1, 0.15) is 5.56 Å². The van der Waals surface area contributed by atoms with E-state index in [0.29, 0.717) is 5.28 Å². The summed E-state index contributed by atoms with van der Waals surface area (Å²) in [6, 6.07) is 10.1. The zero-order valence-corrected chi connectivity index (χ0v) is 10.0. The molecule has 4 heteroatoms. The van der Waals surface area contributed by atoms with Crippen molar-refractivity contribution >= 4 is 17.2 Å². The van der Waals surface area contributed by atoms with E-state index in [9.17, 15) is 0 Å². The number of aryl methyl sites for hydroxylation is 1. The molecule has 84 valence electrons. The number of benzene rings is 1. The maximum atomic E-state index is 6.11. The van der Waals surface area contributed by atoms with E-state index in [4.69, 9.17) is 11.6 Å². The molecule has 0 radical (unpaired) electrons. The Morgan fingerprint density at radius 1 is 1.24 bits per heavy atom. The lowest BCUT2D eigenvalue weighted by molar-refractivity contribution is 1.09. The first-order valence-corrected chi connectivity index (χ1v) is 5.68. The van der Waals surface area contributed by atoms with Gasteiger partial charge in [0.25, 0.3) is 0 Å². The Morgan fingerprint density at radius 2 is 2.12 bits per heavy atom. The van der Waals surface area contributed by atoms with Gasteiger partial charge in [-0.25, -0.2) is 9.97 Å². The minimum absolute atomic E-state index is 0.427. The van der Waals surface area contributed by atoms with Crippen LogP contribution in [-0.2, 0) is 0 Å². The molecule has 17 heavy (non-hydrogen) atoms. The third kappa shape index (κ3) is 1.78. The third-order valence-electron chi connectivity index (χ3n) is 2.66. The van der Waals surface area contributed by atoms with Crippen molar-refractivity contribution in [3.8, 4) is 11.3 Å². The number of aromatic nitrogens is 3. The Kier molecular flexibility index (Phi) is 2.34. The van der Waals surface area contributed by atoms with Crippen LogP contribution in [-0.4, -0.2) is 14.4 Å². The highest BCUT2D eigenvalue weighted by molar-refractivity contribution is 6.28. The summed E-state index contributed by atoms with van der Waals surface area (Å²) >= 11 is 6.11. The third-order valence-corrected chi connectivity index (χ3v) is 2.93. The van der Waals surface area contributed by atoms with E-state index in [2.05, 4.69) is 29.0 Å². The fraction of sp³-hybridized carbons (Fsp3) is 0.0769. The summed E-state index contributed by atoms with van der Waals surface area (Å²) in [4.78, 5) is 8.60. The van der Waals surface area contributed by atoms with E-state index < -0.39 is 0 Å². The molecule has 0 amide bonds. The van der Waals surface area contributed by atoms with Crippen molar-refractivity contribution in [3.05, 3.63) is 53.6 Å². The summed E-state index contributed by atoms with van der Waals surface area (Å²) in [5.74, 6) is 0. The Bertz CT molecular complexity index is 688. The highest BCUT2D eigenvalue weighted by Crippen LogP contribution is 2.22. The Labute approximate surface area is 104 Å². The molecule has 0 aliphatic heterocycles. The van der Waals surface area contributed by atoms with E-state index in [1.807, 2.05) is 18.2 Å². The van der Waals surface area contributed by atoms with Gasteiger partial charge in [0, 0.05) is 24.0 Å². The first-order valence-electron chi connectivity index (χ1n) is 5.31. The lowest BCUT2D eigenvalue weighted by Gasteiger charge is -2.04. The minimum atomic E-state index is 0.427. The second-order valence-electron chi connectivity index (χ2n) is 3.94. The first kappa shape index (κ1) is 10.3. The molecular formula is C13H10ClN3. The van der Waals surface area contributed by atoms with Gasteiger partial charge in [-0.3, -0.25) is 4.40 Å².